The van der Waals surface area contributed by atoms with E-state index < -0.39 is 0 Å². The lowest BCUT2D eigenvalue weighted by Crippen LogP contribution is -2.22. The predicted octanol–water partition coefficient (Wildman–Crippen LogP) is 2.76. The number of aliphatic hydroxyl groups is 1. The highest BCUT2D eigenvalue weighted by molar-refractivity contribution is 6.30. The van der Waals surface area contributed by atoms with Gasteiger partial charge in [-0.2, -0.15) is 0 Å². The molecule has 4 heteroatoms. The summed E-state index contributed by atoms with van der Waals surface area (Å²) in [7, 11) is 0. The maximum Gasteiger partial charge on any atom is 0.251 e. The van der Waals surface area contributed by atoms with Gasteiger partial charge in [0.2, 0.25) is 0 Å². The molecule has 2 aromatic rings. The molecule has 0 aromatic heterocycles. The summed E-state index contributed by atoms with van der Waals surface area (Å²) in [5.74, 6) is -0.136. The fourth-order valence-corrected chi connectivity index (χ4v) is 1.77. The SMILES string of the molecule is O=C(NCc1ccc(CO)cc1)c1ccc(Cl)cc1. The number of nitrogens with one attached hydrogen (secondary N) is 1. The van der Waals surface area contributed by atoms with Gasteiger partial charge in [-0.25, -0.2) is 0 Å². The maximum absolute atomic E-state index is 11.9. The molecule has 0 aliphatic rings. The number of hydrogen-bond donors (Lipinski definition) is 2. The van der Waals surface area contributed by atoms with Gasteiger partial charge in [-0.3, -0.25) is 4.79 Å². The Labute approximate surface area is 116 Å². The summed E-state index contributed by atoms with van der Waals surface area (Å²) in [6.45, 7) is 0.477. The van der Waals surface area contributed by atoms with E-state index in [0.29, 0.717) is 17.1 Å². The molecule has 0 saturated heterocycles. The predicted molar refractivity (Wildman–Crippen MR) is 75.0 cm³/mol. The van der Waals surface area contributed by atoms with Gasteiger partial charge in [0.15, 0.2) is 0 Å². The Morgan fingerprint density at radius 3 is 2.16 bits per heavy atom. The molecule has 0 bridgehead atoms. The summed E-state index contributed by atoms with van der Waals surface area (Å²) >= 11 is 5.77. The second-order valence-electron chi connectivity index (χ2n) is 4.16. The summed E-state index contributed by atoms with van der Waals surface area (Å²) in [4.78, 5) is 11.9. The topological polar surface area (TPSA) is 49.3 Å². The van der Waals surface area contributed by atoms with Crippen molar-refractivity contribution in [2.45, 2.75) is 13.2 Å². The van der Waals surface area contributed by atoms with Crippen LogP contribution in [0, 0.1) is 0 Å². The van der Waals surface area contributed by atoms with Crippen molar-refractivity contribution in [2.24, 2.45) is 0 Å². The van der Waals surface area contributed by atoms with Gasteiger partial charge in [0.1, 0.15) is 0 Å². The Morgan fingerprint density at radius 1 is 1.00 bits per heavy atom. The Hall–Kier alpha value is -1.84. The molecule has 1 amide bonds. The summed E-state index contributed by atoms with van der Waals surface area (Å²) in [5, 5.41) is 12.4. The number of rotatable bonds is 4. The molecule has 0 saturated carbocycles. The molecular weight excluding hydrogens is 262 g/mol. The van der Waals surface area contributed by atoms with Crippen molar-refractivity contribution >= 4 is 17.5 Å². The first-order chi connectivity index (χ1) is 9.19. The zero-order chi connectivity index (χ0) is 13.7. The van der Waals surface area contributed by atoms with Crippen LogP contribution >= 0.6 is 11.6 Å². The molecule has 0 aliphatic carbocycles. The Balaban J connectivity index is 1.94. The van der Waals surface area contributed by atoms with Crippen LogP contribution in [0.5, 0.6) is 0 Å². The van der Waals surface area contributed by atoms with Crippen LogP contribution < -0.4 is 5.32 Å². The van der Waals surface area contributed by atoms with Crippen LogP contribution in [-0.2, 0) is 13.2 Å². The van der Waals surface area contributed by atoms with E-state index >= 15 is 0 Å². The van der Waals surface area contributed by atoms with Gasteiger partial charge in [-0.15, -0.1) is 0 Å². The molecule has 0 radical (unpaired) electrons. The van der Waals surface area contributed by atoms with Crippen molar-refractivity contribution in [2.75, 3.05) is 0 Å². The quantitative estimate of drug-likeness (QED) is 0.901. The molecule has 2 aromatic carbocycles. The van der Waals surface area contributed by atoms with Gasteiger partial charge in [0.05, 0.1) is 6.61 Å². The van der Waals surface area contributed by atoms with Crippen molar-refractivity contribution in [3.63, 3.8) is 0 Å². The highest BCUT2D eigenvalue weighted by atomic mass is 35.5. The third-order valence-electron chi connectivity index (χ3n) is 2.77. The first-order valence-corrected chi connectivity index (χ1v) is 6.29. The maximum atomic E-state index is 11.9. The second-order valence-corrected chi connectivity index (χ2v) is 4.60. The molecule has 3 nitrogen and oxygen atoms in total. The van der Waals surface area contributed by atoms with Crippen LogP contribution in [0.3, 0.4) is 0 Å². The Kier molecular flexibility index (Phi) is 4.55. The van der Waals surface area contributed by atoms with Crippen LogP contribution in [0.25, 0.3) is 0 Å². The van der Waals surface area contributed by atoms with Crippen molar-refractivity contribution in [1.82, 2.24) is 5.32 Å². The van der Waals surface area contributed by atoms with Crippen LogP contribution in [0.15, 0.2) is 48.5 Å². The molecule has 19 heavy (non-hydrogen) atoms. The number of carbonyl (C=O) groups excluding carboxylic acids is 1. The average molecular weight is 276 g/mol. The monoisotopic (exact) mass is 275 g/mol. The Morgan fingerprint density at radius 2 is 1.58 bits per heavy atom. The van der Waals surface area contributed by atoms with Gasteiger partial charge in [0, 0.05) is 17.1 Å². The number of aliphatic hydroxyl groups excluding tert-OH is 1. The summed E-state index contributed by atoms with van der Waals surface area (Å²) < 4.78 is 0. The minimum absolute atomic E-state index is 0.0252. The summed E-state index contributed by atoms with van der Waals surface area (Å²) in [6.07, 6.45) is 0. The fourth-order valence-electron chi connectivity index (χ4n) is 1.65. The number of benzene rings is 2. The third kappa shape index (κ3) is 3.81. The molecule has 0 spiro atoms. The molecule has 2 rings (SSSR count). The van der Waals surface area contributed by atoms with Gasteiger partial charge in [-0.1, -0.05) is 35.9 Å². The van der Waals surface area contributed by atoms with Crippen LogP contribution in [-0.4, -0.2) is 11.0 Å². The van der Waals surface area contributed by atoms with Gasteiger partial charge in [0.25, 0.3) is 5.91 Å². The summed E-state index contributed by atoms with van der Waals surface area (Å²) in [6, 6.07) is 14.2. The van der Waals surface area contributed by atoms with Gasteiger partial charge in [-0.05, 0) is 35.4 Å². The number of amides is 1. The first kappa shape index (κ1) is 13.6. The average Bonchev–Trinajstić information content (AvgIpc) is 2.46. The molecule has 0 aliphatic heterocycles. The molecule has 98 valence electrons. The summed E-state index contributed by atoms with van der Waals surface area (Å²) in [5.41, 5.74) is 2.42. The largest absolute Gasteiger partial charge is 0.392 e. The van der Waals surface area contributed by atoms with E-state index in [4.69, 9.17) is 16.7 Å². The minimum Gasteiger partial charge on any atom is -0.392 e. The lowest BCUT2D eigenvalue weighted by molar-refractivity contribution is 0.0951. The second kappa shape index (κ2) is 6.36. The molecule has 2 N–H and O–H groups in total. The molecule has 0 unspecified atom stereocenters. The van der Waals surface area contributed by atoms with Crippen molar-refractivity contribution in [3.8, 4) is 0 Å². The van der Waals surface area contributed by atoms with E-state index in [1.54, 1.807) is 24.3 Å². The fraction of sp³-hybridized carbons (Fsp3) is 0.133. The van der Waals surface area contributed by atoms with Crippen molar-refractivity contribution in [1.29, 1.82) is 0 Å². The lowest BCUT2D eigenvalue weighted by Gasteiger charge is -2.06. The minimum atomic E-state index is -0.136. The van der Waals surface area contributed by atoms with E-state index in [2.05, 4.69) is 5.32 Å². The third-order valence-corrected chi connectivity index (χ3v) is 3.02. The van der Waals surface area contributed by atoms with E-state index in [9.17, 15) is 4.79 Å². The standard InChI is InChI=1S/C15H14ClNO2/c16-14-7-5-13(6-8-14)15(19)17-9-11-1-3-12(10-18)4-2-11/h1-8,18H,9-10H2,(H,17,19). The number of carbonyl (C=O) groups is 1. The highest BCUT2D eigenvalue weighted by Crippen LogP contribution is 2.10. The van der Waals surface area contributed by atoms with Gasteiger partial charge < -0.3 is 10.4 Å². The normalized spacial score (nSPS) is 10.2. The van der Waals surface area contributed by atoms with E-state index in [1.807, 2.05) is 24.3 Å². The van der Waals surface area contributed by atoms with Crippen molar-refractivity contribution in [3.05, 3.63) is 70.2 Å². The number of hydrogen-bond acceptors (Lipinski definition) is 2. The zero-order valence-electron chi connectivity index (χ0n) is 10.3. The molecular formula is C15H14ClNO2. The van der Waals surface area contributed by atoms with Crippen LogP contribution in [0.4, 0.5) is 0 Å². The molecule has 0 atom stereocenters. The van der Waals surface area contributed by atoms with Crippen LogP contribution in [0.1, 0.15) is 21.5 Å². The van der Waals surface area contributed by atoms with E-state index in [-0.39, 0.29) is 12.5 Å². The van der Waals surface area contributed by atoms with E-state index in [0.717, 1.165) is 11.1 Å². The Bertz CT molecular complexity index is 549. The molecule has 0 heterocycles. The van der Waals surface area contributed by atoms with E-state index in [1.165, 1.54) is 0 Å². The van der Waals surface area contributed by atoms with Crippen molar-refractivity contribution < 1.29 is 9.90 Å². The zero-order valence-corrected chi connectivity index (χ0v) is 11.0. The highest BCUT2D eigenvalue weighted by Gasteiger charge is 2.04. The first-order valence-electron chi connectivity index (χ1n) is 5.91. The molecule has 0 fully saturated rings. The number of halogens is 1. The van der Waals surface area contributed by atoms with Gasteiger partial charge >= 0.3 is 0 Å². The smallest absolute Gasteiger partial charge is 0.251 e. The van der Waals surface area contributed by atoms with Crippen LogP contribution in [0.2, 0.25) is 5.02 Å². The lowest BCUT2D eigenvalue weighted by atomic mass is 10.1.